The molecule has 0 unspecified atom stereocenters. The molecule has 0 aliphatic rings. The lowest BCUT2D eigenvalue weighted by Gasteiger charge is -2.53. The van der Waals surface area contributed by atoms with Gasteiger partial charge in [0.2, 0.25) is 8.32 Å². The Morgan fingerprint density at radius 1 is 0.704 bits per heavy atom. The van der Waals surface area contributed by atoms with Gasteiger partial charge in [-0.2, -0.15) is 0 Å². The molecule has 0 heterocycles. The first kappa shape index (κ1) is 27.5. The van der Waals surface area contributed by atoms with Crippen molar-refractivity contribution in [3.05, 3.63) is 0 Å². The van der Waals surface area contributed by atoms with Crippen LogP contribution in [0, 0.1) is 0 Å². The number of nitrogens with two attached hydrogens (primary N) is 2. The Morgan fingerprint density at radius 3 is 1.56 bits per heavy atom. The minimum Gasteiger partial charge on any atom is -0.412 e. The van der Waals surface area contributed by atoms with E-state index in [-0.39, 0.29) is 10.4 Å². The molecule has 0 aromatic rings. The molecule has 0 radical (unpaired) electrons. The van der Waals surface area contributed by atoms with Crippen LogP contribution >= 0.6 is 0 Å². The van der Waals surface area contributed by atoms with E-state index in [1.165, 1.54) is 6.04 Å². The zero-order valence-corrected chi connectivity index (χ0v) is 23.1. The predicted octanol–water partition coefficient (Wildman–Crippen LogP) is 5.25. The lowest BCUT2D eigenvalue weighted by Crippen LogP contribution is -2.66. The lowest BCUT2D eigenvalue weighted by molar-refractivity contribution is 0.0751. The molecule has 7 heteroatoms. The molecule has 4 nitrogen and oxygen atoms in total. The molecule has 0 aromatic carbocycles. The summed E-state index contributed by atoms with van der Waals surface area (Å²) in [5, 5.41) is -0.216. The second-order valence-corrected chi connectivity index (χ2v) is 24.1. The molecule has 0 aliphatic carbocycles. The van der Waals surface area contributed by atoms with E-state index < -0.39 is 24.7 Å². The third-order valence-corrected chi connectivity index (χ3v) is 18.9. The third kappa shape index (κ3) is 7.35. The van der Waals surface area contributed by atoms with Gasteiger partial charge in [0.1, 0.15) is 0 Å². The van der Waals surface area contributed by atoms with E-state index in [1.807, 2.05) is 0 Å². The summed E-state index contributed by atoms with van der Waals surface area (Å²) in [6.07, 6.45) is 4.20. The van der Waals surface area contributed by atoms with Crippen LogP contribution in [0.15, 0.2) is 0 Å². The van der Waals surface area contributed by atoms with Gasteiger partial charge in [0, 0.05) is 5.22 Å². The first-order valence-electron chi connectivity index (χ1n) is 11.0. The van der Waals surface area contributed by atoms with Crippen LogP contribution in [0.1, 0.15) is 53.4 Å². The maximum Gasteiger partial charge on any atom is 0.216 e. The fraction of sp³-hybridized carbons (Fsp3) is 1.00. The zero-order valence-electron chi connectivity index (χ0n) is 20.1. The molecule has 4 N–H and O–H groups in total. The van der Waals surface area contributed by atoms with Crippen LogP contribution in [-0.2, 0) is 8.85 Å². The second kappa shape index (κ2) is 10.5. The molecular weight excluding hydrogens is 384 g/mol. The molecule has 0 rings (SSSR count). The highest BCUT2D eigenvalue weighted by atomic mass is 28.4. The lowest BCUT2D eigenvalue weighted by atomic mass is 10.3. The van der Waals surface area contributed by atoms with Crippen LogP contribution < -0.4 is 11.5 Å². The summed E-state index contributed by atoms with van der Waals surface area (Å²) in [5.41, 5.74) is 11.6. The van der Waals surface area contributed by atoms with Gasteiger partial charge in [-0.3, -0.25) is 0 Å². The van der Waals surface area contributed by atoms with Crippen molar-refractivity contribution in [1.29, 1.82) is 0 Å². The van der Waals surface area contributed by atoms with Crippen molar-refractivity contribution in [2.75, 3.05) is 13.1 Å². The van der Waals surface area contributed by atoms with Gasteiger partial charge in [-0.15, -0.1) is 0 Å². The minimum absolute atomic E-state index is 0.0410. The third-order valence-electron chi connectivity index (χ3n) is 7.03. The molecular formula is C20H50N2O2Si3. The Bertz CT molecular complexity index is 447. The monoisotopic (exact) mass is 434 g/mol. The average molecular weight is 435 g/mol. The first-order chi connectivity index (χ1) is 12.2. The Labute approximate surface area is 173 Å². The van der Waals surface area contributed by atoms with Crippen LogP contribution in [-0.4, -0.2) is 48.2 Å². The molecule has 0 spiro atoms. The van der Waals surface area contributed by atoms with Crippen molar-refractivity contribution in [3.63, 3.8) is 0 Å². The SMILES string of the molecule is CC[C@](C)(O[Si](C)(C)[C@](C)(CC)O[Si](C)(C)CCCN)[Si](C)(C)CCCN. The van der Waals surface area contributed by atoms with Crippen molar-refractivity contribution in [2.24, 2.45) is 11.5 Å². The van der Waals surface area contributed by atoms with Gasteiger partial charge >= 0.3 is 0 Å². The van der Waals surface area contributed by atoms with E-state index >= 15 is 0 Å². The van der Waals surface area contributed by atoms with Gasteiger partial charge in [0.25, 0.3) is 0 Å². The van der Waals surface area contributed by atoms with E-state index in [2.05, 4.69) is 67.0 Å². The molecule has 2 atom stereocenters. The van der Waals surface area contributed by atoms with E-state index in [0.717, 1.165) is 44.8 Å². The highest BCUT2D eigenvalue weighted by Gasteiger charge is 2.53. The van der Waals surface area contributed by atoms with Crippen molar-refractivity contribution >= 4 is 24.7 Å². The molecule has 0 bridgehead atoms. The van der Waals surface area contributed by atoms with Crippen LogP contribution in [0.4, 0.5) is 0 Å². The minimum atomic E-state index is -2.13. The predicted molar refractivity (Wildman–Crippen MR) is 129 cm³/mol. The maximum atomic E-state index is 7.18. The number of hydrogen-bond donors (Lipinski definition) is 2. The molecule has 0 aromatic heterocycles. The van der Waals surface area contributed by atoms with Crippen molar-refractivity contribution in [2.45, 2.75) is 115 Å². The summed E-state index contributed by atoms with van der Waals surface area (Å²) in [4.78, 5) is 0. The highest BCUT2D eigenvalue weighted by Crippen LogP contribution is 2.41. The summed E-state index contributed by atoms with van der Waals surface area (Å²) >= 11 is 0. The normalized spacial score (nSPS) is 18.2. The van der Waals surface area contributed by atoms with Crippen molar-refractivity contribution in [1.82, 2.24) is 0 Å². The first-order valence-corrected chi connectivity index (χ1v) is 20.2. The number of hydrogen-bond acceptors (Lipinski definition) is 4. The standard InChI is InChI=1S/C20H50N2O2Si3/c1-11-19(3,25(5,6)17-13-15-21)24-27(9,10)20(4,12-2)23-26(7,8)18-14-16-22/h11-18,21-22H2,1-10H3/t19-,20-/m1/s1. The zero-order chi connectivity index (χ0) is 21.6. The molecule has 0 saturated carbocycles. The summed E-state index contributed by atoms with van der Waals surface area (Å²) in [6, 6.07) is 2.34. The van der Waals surface area contributed by atoms with Crippen LogP contribution in [0.5, 0.6) is 0 Å². The average Bonchev–Trinajstić information content (AvgIpc) is 2.56. The fourth-order valence-electron chi connectivity index (χ4n) is 3.98. The van der Waals surface area contributed by atoms with Crippen molar-refractivity contribution < 1.29 is 8.85 Å². The largest absolute Gasteiger partial charge is 0.412 e. The van der Waals surface area contributed by atoms with Gasteiger partial charge in [0.15, 0.2) is 8.32 Å². The van der Waals surface area contributed by atoms with E-state index in [9.17, 15) is 0 Å². The van der Waals surface area contributed by atoms with Crippen LogP contribution in [0.25, 0.3) is 0 Å². The van der Waals surface area contributed by atoms with Crippen LogP contribution in [0.2, 0.25) is 51.4 Å². The molecule has 0 amide bonds. The van der Waals surface area contributed by atoms with Gasteiger partial charge in [-0.05, 0) is 84.9 Å². The highest BCUT2D eigenvalue weighted by molar-refractivity contribution is 6.82. The van der Waals surface area contributed by atoms with Gasteiger partial charge in [-0.1, -0.05) is 33.0 Å². The van der Waals surface area contributed by atoms with E-state index in [4.69, 9.17) is 20.3 Å². The van der Waals surface area contributed by atoms with Gasteiger partial charge < -0.3 is 20.3 Å². The number of rotatable bonds is 14. The van der Waals surface area contributed by atoms with Gasteiger partial charge in [0.05, 0.1) is 13.3 Å². The van der Waals surface area contributed by atoms with E-state index in [0.29, 0.717) is 0 Å². The Balaban J connectivity index is 5.63. The Hall–Kier alpha value is 0.491. The topological polar surface area (TPSA) is 70.5 Å². The van der Waals surface area contributed by atoms with Crippen molar-refractivity contribution in [3.8, 4) is 0 Å². The van der Waals surface area contributed by atoms with E-state index in [1.54, 1.807) is 0 Å². The van der Waals surface area contributed by atoms with Gasteiger partial charge in [-0.25, -0.2) is 0 Å². The Morgan fingerprint density at radius 2 is 1.15 bits per heavy atom. The Kier molecular flexibility index (Phi) is 10.7. The molecule has 0 aliphatic heterocycles. The summed E-state index contributed by atoms with van der Waals surface area (Å²) in [5.74, 6) is 0. The summed E-state index contributed by atoms with van der Waals surface area (Å²) in [7, 11) is -5.49. The maximum absolute atomic E-state index is 7.18. The molecule has 27 heavy (non-hydrogen) atoms. The summed E-state index contributed by atoms with van der Waals surface area (Å²) < 4.78 is 14.1. The molecule has 164 valence electrons. The summed E-state index contributed by atoms with van der Waals surface area (Å²) in [6.45, 7) is 25.1. The fourth-order valence-corrected chi connectivity index (χ4v) is 15.1. The quantitative estimate of drug-likeness (QED) is 0.366. The molecule has 0 saturated heterocycles. The smallest absolute Gasteiger partial charge is 0.216 e. The second-order valence-electron chi connectivity index (χ2n) is 10.3. The van der Waals surface area contributed by atoms with Crippen LogP contribution in [0.3, 0.4) is 0 Å². The molecule has 0 fully saturated rings.